The standard InChI is InChI=1S/C24H24N2O5/c1-30-20-12-11-17(13-21(20)31-2)22-18-5-3-4-6-19(18)23(27)26(25-22)14-15-7-9-16(10-8-15)24(28)29/h3-4,7-13,18-19H,5-6,14H2,1-2H3,(H,28,29)/t18-,19+/m1/s1. The quantitative estimate of drug-likeness (QED) is 0.720. The highest BCUT2D eigenvalue weighted by Gasteiger charge is 2.40. The first-order chi connectivity index (χ1) is 15.0. The van der Waals surface area contributed by atoms with Gasteiger partial charge in [-0.05, 0) is 48.7 Å². The third-order valence-electron chi connectivity index (χ3n) is 5.80. The summed E-state index contributed by atoms with van der Waals surface area (Å²) in [4.78, 5) is 24.3. The lowest BCUT2D eigenvalue weighted by atomic mass is 9.76. The monoisotopic (exact) mass is 420 g/mol. The molecule has 4 rings (SSSR count). The minimum absolute atomic E-state index is 0.00115. The average molecular weight is 420 g/mol. The Bertz CT molecular complexity index is 1060. The van der Waals surface area contributed by atoms with Crippen LogP contribution in [0.5, 0.6) is 11.5 Å². The molecule has 2 atom stereocenters. The first-order valence-electron chi connectivity index (χ1n) is 10.1. The van der Waals surface area contributed by atoms with Gasteiger partial charge in [-0.25, -0.2) is 9.80 Å². The van der Waals surface area contributed by atoms with Crippen LogP contribution in [0, 0.1) is 11.8 Å². The highest BCUT2D eigenvalue weighted by atomic mass is 16.5. The Morgan fingerprint density at radius 2 is 1.71 bits per heavy atom. The van der Waals surface area contributed by atoms with Crippen LogP contribution in [-0.2, 0) is 11.3 Å². The van der Waals surface area contributed by atoms with Crippen molar-refractivity contribution < 1.29 is 24.2 Å². The highest BCUT2D eigenvalue weighted by molar-refractivity contribution is 6.07. The van der Waals surface area contributed by atoms with E-state index in [0.717, 1.165) is 23.3 Å². The third-order valence-corrected chi connectivity index (χ3v) is 5.80. The summed E-state index contributed by atoms with van der Waals surface area (Å²) in [7, 11) is 3.18. The number of allylic oxidation sites excluding steroid dienone is 2. The van der Waals surface area contributed by atoms with Crippen molar-refractivity contribution >= 4 is 17.6 Å². The number of benzene rings is 2. The molecule has 2 aromatic rings. The maximum atomic E-state index is 13.2. The molecule has 7 nitrogen and oxygen atoms in total. The van der Waals surface area contributed by atoms with Gasteiger partial charge in [-0.2, -0.15) is 5.10 Å². The predicted octanol–water partition coefficient (Wildman–Crippen LogP) is 3.73. The molecule has 1 heterocycles. The van der Waals surface area contributed by atoms with Crippen LogP contribution in [0.1, 0.15) is 34.3 Å². The summed E-state index contributed by atoms with van der Waals surface area (Å²) in [6.45, 7) is 0.280. The van der Waals surface area contributed by atoms with Gasteiger partial charge < -0.3 is 14.6 Å². The van der Waals surface area contributed by atoms with Crippen molar-refractivity contribution in [1.29, 1.82) is 0 Å². The summed E-state index contributed by atoms with van der Waals surface area (Å²) in [5, 5.41) is 15.4. The molecule has 7 heteroatoms. The van der Waals surface area contributed by atoms with Crippen molar-refractivity contribution in [2.75, 3.05) is 14.2 Å². The lowest BCUT2D eigenvalue weighted by molar-refractivity contribution is -0.138. The van der Waals surface area contributed by atoms with Crippen molar-refractivity contribution in [3.05, 3.63) is 71.3 Å². The molecular formula is C24H24N2O5. The smallest absolute Gasteiger partial charge is 0.335 e. The summed E-state index contributed by atoms with van der Waals surface area (Å²) < 4.78 is 10.8. The summed E-state index contributed by atoms with van der Waals surface area (Å²) in [6, 6.07) is 12.2. The Kier molecular flexibility index (Phi) is 5.75. The third kappa shape index (κ3) is 4.03. The van der Waals surface area contributed by atoms with Gasteiger partial charge in [-0.1, -0.05) is 24.3 Å². The molecular weight excluding hydrogens is 396 g/mol. The molecule has 0 saturated carbocycles. The van der Waals surface area contributed by atoms with E-state index in [1.807, 2.05) is 18.2 Å². The van der Waals surface area contributed by atoms with Crippen LogP contribution >= 0.6 is 0 Å². The number of carboxylic acid groups (broad SMARTS) is 1. The molecule has 1 N–H and O–H groups in total. The number of fused-ring (bicyclic) bond motifs is 1. The molecule has 1 aliphatic carbocycles. The summed E-state index contributed by atoms with van der Waals surface area (Å²) in [5.41, 5.74) is 2.76. The lowest BCUT2D eigenvalue weighted by Gasteiger charge is -2.37. The fourth-order valence-electron chi connectivity index (χ4n) is 4.14. The number of carboxylic acids is 1. The van der Waals surface area contributed by atoms with E-state index in [-0.39, 0.29) is 29.9 Å². The maximum Gasteiger partial charge on any atom is 0.335 e. The van der Waals surface area contributed by atoms with Crippen LogP contribution in [0.4, 0.5) is 0 Å². The van der Waals surface area contributed by atoms with E-state index in [4.69, 9.17) is 19.7 Å². The van der Waals surface area contributed by atoms with Crippen LogP contribution < -0.4 is 9.47 Å². The molecule has 0 fully saturated rings. The predicted molar refractivity (Wildman–Crippen MR) is 115 cm³/mol. The largest absolute Gasteiger partial charge is 0.493 e. The van der Waals surface area contributed by atoms with Crippen molar-refractivity contribution in [2.45, 2.75) is 19.4 Å². The number of carbonyl (C=O) groups is 2. The molecule has 0 bridgehead atoms. The zero-order valence-electron chi connectivity index (χ0n) is 17.4. The first-order valence-corrected chi connectivity index (χ1v) is 10.1. The Hall–Kier alpha value is -3.61. The van der Waals surface area contributed by atoms with Gasteiger partial charge in [0.2, 0.25) is 5.91 Å². The second-order valence-corrected chi connectivity index (χ2v) is 7.61. The molecule has 2 aliphatic rings. The molecule has 0 aromatic heterocycles. The number of hydrazone groups is 1. The van der Waals surface area contributed by atoms with E-state index in [1.54, 1.807) is 26.4 Å². The van der Waals surface area contributed by atoms with Gasteiger partial charge >= 0.3 is 5.97 Å². The molecule has 0 unspecified atom stereocenters. The first kappa shape index (κ1) is 20.7. The number of amides is 1. The van der Waals surface area contributed by atoms with Crippen LogP contribution in [0.2, 0.25) is 0 Å². The van der Waals surface area contributed by atoms with Crippen LogP contribution in [0.25, 0.3) is 0 Å². The van der Waals surface area contributed by atoms with Crippen molar-refractivity contribution in [3.63, 3.8) is 0 Å². The second-order valence-electron chi connectivity index (χ2n) is 7.61. The molecule has 1 amide bonds. The van der Waals surface area contributed by atoms with E-state index in [9.17, 15) is 9.59 Å². The van der Waals surface area contributed by atoms with E-state index < -0.39 is 5.97 Å². The Morgan fingerprint density at radius 1 is 1.03 bits per heavy atom. The Balaban J connectivity index is 1.70. The highest BCUT2D eigenvalue weighted by Crippen LogP contribution is 2.37. The van der Waals surface area contributed by atoms with Crippen molar-refractivity contribution in [2.24, 2.45) is 16.9 Å². The SMILES string of the molecule is COc1ccc(C2=NN(Cc3ccc(C(=O)O)cc3)C(=O)[C@H]3CC=CC[C@@H]23)cc1OC. The van der Waals surface area contributed by atoms with E-state index >= 15 is 0 Å². The van der Waals surface area contributed by atoms with Gasteiger partial charge in [0.05, 0.1) is 38.0 Å². The van der Waals surface area contributed by atoms with Gasteiger partial charge in [-0.3, -0.25) is 4.79 Å². The molecule has 2 aromatic carbocycles. The number of nitrogens with zero attached hydrogens (tertiary/aromatic N) is 2. The minimum atomic E-state index is -0.980. The molecule has 1 aliphatic heterocycles. The van der Waals surface area contributed by atoms with E-state index in [1.165, 1.54) is 17.1 Å². The van der Waals surface area contributed by atoms with Gasteiger partial charge in [-0.15, -0.1) is 0 Å². The van der Waals surface area contributed by atoms with Crippen LogP contribution in [-0.4, -0.2) is 41.9 Å². The lowest BCUT2D eigenvalue weighted by Crippen LogP contribution is -2.45. The van der Waals surface area contributed by atoms with E-state index in [0.29, 0.717) is 17.9 Å². The number of hydrogen-bond acceptors (Lipinski definition) is 5. The minimum Gasteiger partial charge on any atom is -0.493 e. The van der Waals surface area contributed by atoms with E-state index in [2.05, 4.69) is 12.2 Å². The zero-order valence-corrected chi connectivity index (χ0v) is 17.4. The second kappa shape index (κ2) is 8.63. The Morgan fingerprint density at radius 3 is 2.35 bits per heavy atom. The Labute approximate surface area is 180 Å². The fraction of sp³-hybridized carbons (Fsp3) is 0.292. The van der Waals surface area contributed by atoms with Crippen molar-refractivity contribution in [3.8, 4) is 11.5 Å². The molecule has 0 radical (unpaired) electrons. The zero-order chi connectivity index (χ0) is 22.0. The number of carbonyl (C=O) groups excluding carboxylic acids is 1. The molecule has 0 spiro atoms. The van der Waals surface area contributed by atoms with Crippen molar-refractivity contribution in [1.82, 2.24) is 5.01 Å². The topological polar surface area (TPSA) is 88.4 Å². The number of rotatable bonds is 6. The maximum absolute atomic E-state index is 13.2. The molecule has 0 saturated heterocycles. The van der Waals surface area contributed by atoms with Gasteiger partial charge in [0.1, 0.15) is 0 Å². The number of aromatic carboxylic acids is 1. The molecule has 160 valence electrons. The normalized spacial score (nSPS) is 20.1. The van der Waals surface area contributed by atoms with Gasteiger partial charge in [0.15, 0.2) is 11.5 Å². The van der Waals surface area contributed by atoms with Crippen LogP contribution in [0.15, 0.2) is 59.7 Å². The summed E-state index contributed by atoms with van der Waals surface area (Å²) in [5.74, 6) is 0.0738. The summed E-state index contributed by atoms with van der Waals surface area (Å²) in [6.07, 6.45) is 5.58. The average Bonchev–Trinajstić information content (AvgIpc) is 2.80. The molecule has 31 heavy (non-hydrogen) atoms. The number of hydrogen-bond donors (Lipinski definition) is 1. The van der Waals surface area contributed by atoms with Crippen LogP contribution in [0.3, 0.4) is 0 Å². The number of ether oxygens (including phenoxy) is 2. The van der Waals surface area contributed by atoms with Gasteiger partial charge in [0.25, 0.3) is 0 Å². The fourth-order valence-corrected chi connectivity index (χ4v) is 4.14. The summed E-state index contributed by atoms with van der Waals surface area (Å²) >= 11 is 0. The number of methoxy groups -OCH3 is 2. The van der Waals surface area contributed by atoms with Gasteiger partial charge in [0, 0.05) is 11.5 Å².